The van der Waals surface area contributed by atoms with E-state index in [1.807, 2.05) is 32.0 Å². The third-order valence-electron chi connectivity index (χ3n) is 2.98. The highest BCUT2D eigenvalue weighted by atomic mass is 79.9. The quantitative estimate of drug-likeness (QED) is 0.786. The van der Waals surface area contributed by atoms with Crippen LogP contribution in [0.2, 0.25) is 0 Å². The van der Waals surface area contributed by atoms with E-state index in [0.29, 0.717) is 18.0 Å². The zero-order valence-electron chi connectivity index (χ0n) is 11.7. The summed E-state index contributed by atoms with van der Waals surface area (Å²) in [6, 6.07) is 5.82. The summed E-state index contributed by atoms with van der Waals surface area (Å²) in [5.74, 6) is 0.137. The minimum absolute atomic E-state index is 0.192. The van der Waals surface area contributed by atoms with Crippen molar-refractivity contribution in [2.75, 3.05) is 7.11 Å². The lowest BCUT2D eigenvalue weighted by atomic mass is 10.1. The minimum atomic E-state index is -0.490. The minimum Gasteiger partial charge on any atom is -0.463 e. The maximum atomic E-state index is 11.7. The van der Waals surface area contributed by atoms with Gasteiger partial charge in [0, 0.05) is 4.47 Å². The fourth-order valence-corrected chi connectivity index (χ4v) is 2.37. The van der Waals surface area contributed by atoms with E-state index in [0.717, 1.165) is 22.0 Å². The van der Waals surface area contributed by atoms with E-state index in [4.69, 9.17) is 9.15 Å². The molecule has 0 amide bonds. The molecule has 1 heterocycles. The van der Waals surface area contributed by atoms with E-state index in [1.54, 1.807) is 0 Å². The molecule has 4 nitrogen and oxygen atoms in total. The molecule has 0 bridgehead atoms. The van der Waals surface area contributed by atoms with E-state index in [9.17, 15) is 4.79 Å². The van der Waals surface area contributed by atoms with Crippen LogP contribution in [0, 0.1) is 6.92 Å². The maximum absolute atomic E-state index is 11.7. The first kappa shape index (κ1) is 14.8. The number of rotatable bonds is 4. The number of methoxy groups -OCH3 is 1. The number of oxazole rings is 1. The van der Waals surface area contributed by atoms with Crippen molar-refractivity contribution in [1.82, 2.24) is 4.98 Å². The van der Waals surface area contributed by atoms with Gasteiger partial charge in [0.2, 0.25) is 11.7 Å². The second-order valence-corrected chi connectivity index (χ2v) is 5.27. The van der Waals surface area contributed by atoms with Gasteiger partial charge in [-0.05, 0) is 40.9 Å². The number of ether oxygens (including phenoxy) is 1. The molecule has 0 unspecified atom stereocenters. The van der Waals surface area contributed by atoms with Crippen LogP contribution in [-0.2, 0) is 11.2 Å². The smallest absolute Gasteiger partial charge is 0.376 e. The van der Waals surface area contributed by atoms with Gasteiger partial charge in [0.25, 0.3) is 0 Å². The Morgan fingerprint density at radius 1 is 1.45 bits per heavy atom. The van der Waals surface area contributed by atoms with Crippen molar-refractivity contribution in [3.63, 3.8) is 0 Å². The zero-order chi connectivity index (χ0) is 14.7. The Morgan fingerprint density at radius 2 is 2.20 bits per heavy atom. The molecule has 1 aromatic carbocycles. The van der Waals surface area contributed by atoms with Crippen LogP contribution in [-0.4, -0.2) is 18.1 Å². The van der Waals surface area contributed by atoms with E-state index < -0.39 is 5.97 Å². The third kappa shape index (κ3) is 2.77. The highest BCUT2D eigenvalue weighted by Crippen LogP contribution is 2.31. The number of aryl methyl sites for hydroxylation is 2. The zero-order valence-corrected chi connectivity index (χ0v) is 13.3. The molecule has 0 atom stereocenters. The van der Waals surface area contributed by atoms with E-state index in [1.165, 1.54) is 7.11 Å². The van der Waals surface area contributed by atoms with E-state index >= 15 is 0 Å². The van der Waals surface area contributed by atoms with Crippen molar-refractivity contribution >= 4 is 21.9 Å². The summed E-state index contributed by atoms with van der Waals surface area (Å²) in [5, 5.41) is 0. The Labute approximate surface area is 126 Å². The number of nitrogens with zero attached hydrogens (tertiary/aromatic N) is 1. The van der Waals surface area contributed by atoms with Gasteiger partial charge < -0.3 is 9.15 Å². The molecule has 0 fully saturated rings. The van der Waals surface area contributed by atoms with Crippen molar-refractivity contribution < 1.29 is 13.9 Å². The average molecular weight is 338 g/mol. The van der Waals surface area contributed by atoms with E-state index in [2.05, 4.69) is 20.9 Å². The summed E-state index contributed by atoms with van der Waals surface area (Å²) in [5.41, 5.74) is 2.55. The molecule has 0 aliphatic carbocycles. The predicted octanol–water partition coefficient (Wildman–Crippen LogP) is 4.15. The molecule has 106 valence electrons. The lowest BCUT2D eigenvalue weighted by Gasteiger charge is -2.02. The van der Waals surface area contributed by atoms with Gasteiger partial charge in [-0.3, -0.25) is 0 Å². The number of halogens is 1. The molecule has 2 rings (SSSR count). The van der Waals surface area contributed by atoms with Gasteiger partial charge in [-0.25, -0.2) is 9.78 Å². The molecular formula is C15H16BrNO3. The Hall–Kier alpha value is -1.62. The molecule has 1 aromatic heterocycles. The summed E-state index contributed by atoms with van der Waals surface area (Å²) in [7, 11) is 1.34. The van der Waals surface area contributed by atoms with Crippen molar-refractivity contribution in [3.05, 3.63) is 39.7 Å². The SMILES string of the molecule is CCCc1nc(-c2cccc(C)c2Br)oc1C(=O)OC. The van der Waals surface area contributed by atoms with Gasteiger partial charge in [-0.15, -0.1) is 0 Å². The monoisotopic (exact) mass is 337 g/mol. The number of benzene rings is 1. The topological polar surface area (TPSA) is 52.3 Å². The van der Waals surface area contributed by atoms with Crippen LogP contribution >= 0.6 is 15.9 Å². The molecule has 20 heavy (non-hydrogen) atoms. The Kier molecular flexibility index (Phi) is 4.60. The molecule has 0 saturated carbocycles. The largest absolute Gasteiger partial charge is 0.463 e. The van der Waals surface area contributed by atoms with E-state index in [-0.39, 0.29) is 5.76 Å². The molecule has 0 N–H and O–H groups in total. The third-order valence-corrected chi connectivity index (χ3v) is 4.03. The summed E-state index contributed by atoms with van der Waals surface area (Å²) in [4.78, 5) is 16.2. The van der Waals surface area contributed by atoms with Gasteiger partial charge in [0.1, 0.15) is 0 Å². The Balaban J connectivity index is 2.52. The lowest BCUT2D eigenvalue weighted by Crippen LogP contribution is -2.03. The van der Waals surface area contributed by atoms with Crippen molar-refractivity contribution in [1.29, 1.82) is 0 Å². The molecule has 0 aliphatic rings. The Bertz CT molecular complexity index is 634. The summed E-state index contributed by atoms with van der Waals surface area (Å²) < 4.78 is 11.3. The molecular weight excluding hydrogens is 322 g/mol. The fourth-order valence-electron chi connectivity index (χ4n) is 1.94. The lowest BCUT2D eigenvalue weighted by molar-refractivity contribution is 0.0564. The number of aromatic nitrogens is 1. The van der Waals surface area contributed by atoms with Gasteiger partial charge in [0.05, 0.1) is 18.4 Å². The second kappa shape index (κ2) is 6.22. The number of carbonyl (C=O) groups is 1. The van der Waals surface area contributed by atoms with Crippen molar-refractivity contribution in [3.8, 4) is 11.5 Å². The summed E-state index contributed by atoms with van der Waals surface area (Å²) in [6.07, 6.45) is 1.56. The van der Waals surface area contributed by atoms with Crippen LogP contribution in [0.4, 0.5) is 0 Å². The first-order chi connectivity index (χ1) is 9.58. The van der Waals surface area contributed by atoms with Crippen molar-refractivity contribution in [2.24, 2.45) is 0 Å². The first-order valence-electron chi connectivity index (χ1n) is 6.42. The number of hydrogen-bond donors (Lipinski definition) is 0. The predicted molar refractivity (Wildman–Crippen MR) is 79.7 cm³/mol. The normalized spacial score (nSPS) is 10.6. The molecule has 0 spiro atoms. The molecule has 0 saturated heterocycles. The van der Waals surface area contributed by atoms with Crippen LogP contribution < -0.4 is 0 Å². The number of esters is 1. The molecule has 2 aromatic rings. The number of hydrogen-bond acceptors (Lipinski definition) is 4. The summed E-state index contributed by atoms with van der Waals surface area (Å²) in [6.45, 7) is 4.02. The first-order valence-corrected chi connectivity index (χ1v) is 7.21. The summed E-state index contributed by atoms with van der Waals surface area (Å²) >= 11 is 3.53. The van der Waals surface area contributed by atoms with Crippen LogP contribution in [0.25, 0.3) is 11.5 Å². The maximum Gasteiger partial charge on any atom is 0.376 e. The molecule has 5 heteroatoms. The highest BCUT2D eigenvalue weighted by molar-refractivity contribution is 9.10. The van der Waals surface area contributed by atoms with Gasteiger partial charge in [0.15, 0.2) is 0 Å². The van der Waals surface area contributed by atoms with Crippen LogP contribution in [0.5, 0.6) is 0 Å². The standard InChI is InChI=1S/C15H16BrNO3/c1-4-6-11-13(15(18)19-3)20-14(17-11)10-8-5-7-9(2)12(10)16/h5,7-8H,4,6H2,1-3H3. The van der Waals surface area contributed by atoms with Crippen molar-refractivity contribution in [2.45, 2.75) is 26.7 Å². The average Bonchev–Trinajstić information content (AvgIpc) is 2.85. The highest BCUT2D eigenvalue weighted by Gasteiger charge is 2.22. The molecule has 0 radical (unpaired) electrons. The van der Waals surface area contributed by atoms with Crippen LogP contribution in [0.3, 0.4) is 0 Å². The van der Waals surface area contributed by atoms with Gasteiger partial charge >= 0.3 is 5.97 Å². The van der Waals surface area contributed by atoms with Crippen LogP contribution in [0.1, 0.15) is 35.2 Å². The van der Waals surface area contributed by atoms with Gasteiger partial charge in [-0.2, -0.15) is 0 Å². The second-order valence-electron chi connectivity index (χ2n) is 4.47. The fraction of sp³-hybridized carbons (Fsp3) is 0.333. The Morgan fingerprint density at radius 3 is 2.85 bits per heavy atom. The number of carbonyl (C=O) groups excluding carboxylic acids is 1. The molecule has 0 aliphatic heterocycles. The van der Waals surface area contributed by atoms with Crippen LogP contribution in [0.15, 0.2) is 27.1 Å². The van der Waals surface area contributed by atoms with Gasteiger partial charge in [-0.1, -0.05) is 25.5 Å².